The number of halogens is 1. The molecule has 0 saturated heterocycles. The van der Waals surface area contributed by atoms with E-state index in [1.54, 1.807) is 17.5 Å². The molecular formula is C16H16FN5O3S2. The predicted molar refractivity (Wildman–Crippen MR) is 98.6 cm³/mol. The predicted octanol–water partition coefficient (Wildman–Crippen LogP) is 2.86. The smallest absolute Gasteiger partial charge is 0.321 e. The molecule has 0 aliphatic rings. The number of anilines is 1. The summed E-state index contributed by atoms with van der Waals surface area (Å²) in [6.45, 7) is 1.64. The Morgan fingerprint density at radius 3 is 2.93 bits per heavy atom. The zero-order valence-electron chi connectivity index (χ0n) is 14.1. The maximum absolute atomic E-state index is 13.1. The molecule has 3 aromatic rings. The van der Waals surface area contributed by atoms with E-state index in [0.29, 0.717) is 11.3 Å². The van der Waals surface area contributed by atoms with Crippen molar-refractivity contribution in [2.45, 2.75) is 23.9 Å². The van der Waals surface area contributed by atoms with Crippen molar-refractivity contribution in [1.82, 2.24) is 20.3 Å². The van der Waals surface area contributed by atoms with Crippen molar-refractivity contribution in [1.29, 1.82) is 0 Å². The second-order valence-corrected chi connectivity index (χ2v) is 8.64. The third kappa shape index (κ3) is 4.49. The molecule has 2 aromatic heterocycles. The number of hydrogen-bond donors (Lipinski definition) is 3. The van der Waals surface area contributed by atoms with Crippen molar-refractivity contribution in [2.75, 3.05) is 5.32 Å². The molecule has 8 nitrogen and oxygen atoms in total. The van der Waals surface area contributed by atoms with Crippen LogP contribution in [0.1, 0.15) is 23.4 Å². The molecule has 1 unspecified atom stereocenters. The zero-order chi connectivity index (χ0) is 19.4. The molecule has 142 valence electrons. The Labute approximate surface area is 158 Å². The second kappa shape index (κ2) is 7.84. The van der Waals surface area contributed by atoms with Crippen LogP contribution >= 0.6 is 11.3 Å². The molecule has 11 heteroatoms. The molecule has 1 aromatic carbocycles. The Balaban J connectivity index is 1.61. The number of imidazole rings is 1. The molecule has 0 fully saturated rings. The van der Waals surface area contributed by atoms with Crippen molar-refractivity contribution in [2.24, 2.45) is 0 Å². The number of carbonyl (C=O) groups excluding carboxylic acids is 1. The van der Waals surface area contributed by atoms with E-state index in [1.165, 1.54) is 31.5 Å². The normalized spacial score (nSPS) is 12.5. The summed E-state index contributed by atoms with van der Waals surface area (Å²) >= 11 is 1.11. The first-order valence-corrected chi connectivity index (χ1v) is 10.3. The molecule has 3 N–H and O–H groups in total. The Morgan fingerprint density at radius 1 is 1.41 bits per heavy atom. The van der Waals surface area contributed by atoms with Crippen LogP contribution in [-0.4, -0.2) is 29.4 Å². The summed E-state index contributed by atoms with van der Waals surface area (Å²) in [5, 5.41) is 5.87. The number of rotatable bonds is 6. The molecular weight excluding hydrogens is 393 g/mol. The zero-order valence-corrected chi connectivity index (χ0v) is 15.8. The Hall–Kier alpha value is -2.79. The molecule has 0 bridgehead atoms. The summed E-state index contributed by atoms with van der Waals surface area (Å²) in [6.07, 6.45) is 2.78. The number of sulfone groups is 1. The van der Waals surface area contributed by atoms with Crippen LogP contribution in [0.4, 0.5) is 14.3 Å². The molecule has 0 spiro atoms. The Kier molecular flexibility index (Phi) is 5.51. The monoisotopic (exact) mass is 409 g/mol. The molecule has 0 radical (unpaired) electrons. The molecule has 2 amide bonds. The van der Waals surface area contributed by atoms with Crippen molar-refractivity contribution in [3.63, 3.8) is 0 Å². The van der Waals surface area contributed by atoms with Gasteiger partial charge in [-0.05, 0) is 24.6 Å². The number of amides is 2. The summed E-state index contributed by atoms with van der Waals surface area (Å²) < 4.78 is 38.0. The minimum Gasteiger partial charge on any atom is -0.336 e. The van der Waals surface area contributed by atoms with Gasteiger partial charge in [0.15, 0.2) is 5.13 Å². The van der Waals surface area contributed by atoms with Crippen molar-refractivity contribution in [3.05, 3.63) is 59.1 Å². The number of thiazole rings is 1. The van der Waals surface area contributed by atoms with Gasteiger partial charge >= 0.3 is 6.03 Å². The van der Waals surface area contributed by atoms with Gasteiger partial charge in [-0.1, -0.05) is 12.1 Å². The van der Waals surface area contributed by atoms with Crippen LogP contribution in [0, 0.1) is 5.82 Å². The van der Waals surface area contributed by atoms with Gasteiger partial charge in [-0.25, -0.2) is 27.6 Å². The van der Waals surface area contributed by atoms with Crippen LogP contribution in [0.3, 0.4) is 0 Å². The molecule has 0 saturated carbocycles. The first kappa shape index (κ1) is 19.0. The SMILES string of the molecule is CC(c1csc(NC(=O)NCc2cccc(F)c2)n1)S(=O)(=O)c1ncc[nH]1. The summed E-state index contributed by atoms with van der Waals surface area (Å²) in [6, 6.07) is 5.35. The average Bonchev–Trinajstić information content (AvgIpc) is 3.31. The average molecular weight is 409 g/mol. The number of nitrogens with one attached hydrogen (secondary N) is 3. The van der Waals surface area contributed by atoms with Gasteiger partial charge in [0.25, 0.3) is 0 Å². The fourth-order valence-corrected chi connectivity index (χ4v) is 4.33. The number of aromatic amines is 1. The van der Waals surface area contributed by atoms with Crippen LogP contribution in [-0.2, 0) is 16.4 Å². The summed E-state index contributed by atoms with van der Waals surface area (Å²) in [7, 11) is -3.70. The first-order chi connectivity index (χ1) is 12.9. The largest absolute Gasteiger partial charge is 0.336 e. The van der Waals surface area contributed by atoms with Crippen LogP contribution in [0.2, 0.25) is 0 Å². The van der Waals surface area contributed by atoms with Gasteiger partial charge in [0.2, 0.25) is 15.0 Å². The van der Waals surface area contributed by atoms with Crippen LogP contribution in [0.5, 0.6) is 0 Å². The lowest BCUT2D eigenvalue weighted by atomic mass is 10.2. The van der Waals surface area contributed by atoms with E-state index in [4.69, 9.17) is 0 Å². The third-order valence-electron chi connectivity index (χ3n) is 3.71. The van der Waals surface area contributed by atoms with Gasteiger partial charge in [0.1, 0.15) is 11.1 Å². The van der Waals surface area contributed by atoms with Crippen LogP contribution in [0.25, 0.3) is 0 Å². The maximum atomic E-state index is 13.1. The fraction of sp³-hybridized carbons (Fsp3) is 0.188. The number of nitrogens with zero attached hydrogens (tertiary/aromatic N) is 2. The molecule has 0 aliphatic heterocycles. The quantitative estimate of drug-likeness (QED) is 0.579. The lowest BCUT2D eigenvalue weighted by molar-refractivity contribution is 0.251. The summed E-state index contributed by atoms with van der Waals surface area (Å²) in [5.74, 6) is -0.383. The first-order valence-electron chi connectivity index (χ1n) is 7.84. The van der Waals surface area contributed by atoms with Crippen LogP contribution < -0.4 is 10.6 Å². The summed E-state index contributed by atoms with van der Waals surface area (Å²) in [4.78, 5) is 22.5. The number of aromatic nitrogens is 3. The Morgan fingerprint density at radius 2 is 2.22 bits per heavy atom. The second-order valence-electron chi connectivity index (χ2n) is 5.60. The van der Waals surface area contributed by atoms with E-state index in [-0.39, 0.29) is 22.6 Å². The van der Waals surface area contributed by atoms with E-state index in [9.17, 15) is 17.6 Å². The van der Waals surface area contributed by atoms with Gasteiger partial charge in [-0.3, -0.25) is 5.32 Å². The van der Waals surface area contributed by atoms with E-state index >= 15 is 0 Å². The maximum Gasteiger partial charge on any atom is 0.321 e. The molecule has 2 heterocycles. The van der Waals surface area contributed by atoms with Gasteiger partial charge in [-0.2, -0.15) is 0 Å². The molecule has 3 rings (SSSR count). The lowest BCUT2D eigenvalue weighted by Gasteiger charge is -2.08. The van der Waals surface area contributed by atoms with Crippen molar-refractivity contribution < 1.29 is 17.6 Å². The van der Waals surface area contributed by atoms with Crippen molar-refractivity contribution >= 4 is 32.3 Å². The third-order valence-corrected chi connectivity index (χ3v) is 6.42. The van der Waals surface area contributed by atoms with Gasteiger partial charge in [-0.15, -0.1) is 11.3 Å². The van der Waals surface area contributed by atoms with Gasteiger partial charge in [0, 0.05) is 24.3 Å². The number of benzene rings is 1. The highest BCUT2D eigenvalue weighted by molar-refractivity contribution is 7.91. The number of carbonyl (C=O) groups is 1. The molecule has 1 atom stereocenters. The topological polar surface area (TPSA) is 117 Å². The minimum atomic E-state index is -3.70. The fourth-order valence-electron chi connectivity index (χ4n) is 2.23. The number of urea groups is 1. The van der Waals surface area contributed by atoms with E-state index in [2.05, 4.69) is 25.6 Å². The van der Waals surface area contributed by atoms with E-state index < -0.39 is 21.1 Å². The van der Waals surface area contributed by atoms with Gasteiger partial charge < -0.3 is 10.3 Å². The van der Waals surface area contributed by atoms with E-state index in [0.717, 1.165) is 11.3 Å². The molecule has 27 heavy (non-hydrogen) atoms. The van der Waals surface area contributed by atoms with Gasteiger partial charge in [0.05, 0.1) is 5.69 Å². The highest BCUT2D eigenvalue weighted by atomic mass is 32.2. The minimum absolute atomic E-state index is 0.134. The number of hydrogen-bond acceptors (Lipinski definition) is 6. The summed E-state index contributed by atoms with van der Waals surface area (Å²) in [5.41, 5.74) is 0.917. The van der Waals surface area contributed by atoms with Crippen LogP contribution in [0.15, 0.2) is 47.2 Å². The Bertz CT molecular complexity index is 1030. The van der Waals surface area contributed by atoms with Crippen molar-refractivity contribution in [3.8, 4) is 0 Å². The standard InChI is InChI=1S/C16H16FN5O3S2/c1-10(27(24,25)16-18-5-6-19-16)13-9-26-15(21-13)22-14(23)20-8-11-3-2-4-12(17)7-11/h2-7,9-10H,8H2,1H3,(H,18,19)(H2,20,21,22,23). The van der Waals surface area contributed by atoms with E-state index in [1.807, 2.05) is 0 Å². The lowest BCUT2D eigenvalue weighted by Crippen LogP contribution is -2.28. The highest BCUT2D eigenvalue weighted by Crippen LogP contribution is 2.29. The highest BCUT2D eigenvalue weighted by Gasteiger charge is 2.29. The number of H-pyrrole nitrogens is 1. The molecule has 0 aliphatic carbocycles.